The summed E-state index contributed by atoms with van der Waals surface area (Å²) in [6.07, 6.45) is 12.3. The lowest BCUT2D eigenvalue weighted by Gasteiger charge is -1.93. The summed E-state index contributed by atoms with van der Waals surface area (Å²) in [6.45, 7) is 6.29. The molecular weight excluding hydrogens is 156 g/mol. The first-order valence-corrected chi connectivity index (χ1v) is 4.31. The zero-order chi connectivity index (χ0) is 10.3. The molecule has 0 unspecified atom stereocenters. The number of rotatable bonds is 0. The lowest BCUT2D eigenvalue weighted by molar-refractivity contribution is 1.36. The summed E-state index contributed by atoms with van der Waals surface area (Å²) < 4.78 is 0. The van der Waals surface area contributed by atoms with Crippen molar-refractivity contribution in [3.63, 3.8) is 0 Å². The van der Waals surface area contributed by atoms with Crippen molar-refractivity contribution in [1.82, 2.24) is 0 Å². The van der Waals surface area contributed by atoms with Crippen molar-refractivity contribution in [3.05, 3.63) is 34.2 Å². The maximum Gasteiger partial charge on any atom is -0.0201 e. The van der Waals surface area contributed by atoms with E-state index in [1.165, 1.54) is 16.0 Å². The molecule has 0 aliphatic heterocycles. The van der Waals surface area contributed by atoms with Crippen molar-refractivity contribution < 1.29 is 0 Å². The lowest BCUT2D eigenvalue weighted by Crippen LogP contribution is -2.25. The van der Waals surface area contributed by atoms with Crippen LogP contribution in [0.15, 0.2) is 18.2 Å². The summed E-state index contributed by atoms with van der Waals surface area (Å²) in [6, 6.07) is 6.38. The first-order valence-electron chi connectivity index (χ1n) is 4.31. The fraction of sp³-hybridized carbons (Fsp3) is 0.231. The van der Waals surface area contributed by atoms with E-state index in [1.54, 1.807) is 0 Å². The van der Waals surface area contributed by atoms with Gasteiger partial charge in [-0.15, -0.1) is 12.8 Å². The van der Waals surface area contributed by atoms with Gasteiger partial charge in [0.05, 0.1) is 0 Å². The normalized spacial score (nSPS) is 12.1. The van der Waals surface area contributed by atoms with Crippen molar-refractivity contribution in [2.75, 3.05) is 0 Å². The van der Waals surface area contributed by atoms with E-state index in [0.29, 0.717) is 0 Å². The van der Waals surface area contributed by atoms with Gasteiger partial charge in [0.2, 0.25) is 0 Å². The van der Waals surface area contributed by atoms with E-state index in [4.69, 9.17) is 0 Å². The van der Waals surface area contributed by atoms with E-state index in [0.717, 1.165) is 0 Å². The minimum Gasteiger partial charge on any atom is -0.124 e. The first-order chi connectivity index (χ1) is 6.29. The molecule has 0 aliphatic rings. The van der Waals surface area contributed by atoms with Gasteiger partial charge in [0, 0.05) is 0 Å². The Morgan fingerprint density at radius 3 is 2.08 bits per heavy atom. The molecule has 0 spiro atoms. The van der Waals surface area contributed by atoms with Crippen LogP contribution >= 0.6 is 0 Å². The third-order valence-corrected chi connectivity index (χ3v) is 1.96. The van der Waals surface area contributed by atoms with Crippen LogP contribution in [0.3, 0.4) is 0 Å². The van der Waals surface area contributed by atoms with Gasteiger partial charge in [-0.2, -0.15) is 0 Å². The largest absolute Gasteiger partial charge is 0.124 e. The molecule has 0 bridgehead atoms. The van der Waals surface area contributed by atoms with Crippen LogP contribution in [0.25, 0.3) is 12.2 Å². The third-order valence-electron chi connectivity index (χ3n) is 1.96. The van der Waals surface area contributed by atoms with Crippen molar-refractivity contribution in [3.8, 4) is 12.8 Å². The molecule has 0 fully saturated rings. The van der Waals surface area contributed by atoms with Crippen LogP contribution in [0.4, 0.5) is 0 Å². The molecule has 0 aliphatic carbocycles. The van der Waals surface area contributed by atoms with Crippen LogP contribution in [0, 0.1) is 19.8 Å². The molecule has 0 N–H and O–H groups in total. The van der Waals surface area contributed by atoms with Gasteiger partial charge in [0.15, 0.2) is 0 Å². The summed E-state index contributed by atoms with van der Waals surface area (Å²) >= 11 is 0. The van der Waals surface area contributed by atoms with E-state index in [2.05, 4.69) is 64.0 Å². The summed E-state index contributed by atoms with van der Waals surface area (Å²) in [4.78, 5) is 0. The van der Waals surface area contributed by atoms with Crippen LogP contribution in [0.1, 0.15) is 19.4 Å². The Balaban J connectivity index is 0.000000671. The Bertz CT molecular complexity index is 380. The Morgan fingerprint density at radius 1 is 1.08 bits per heavy atom. The van der Waals surface area contributed by atoms with Crippen LogP contribution in [0.5, 0.6) is 0 Å². The fourth-order valence-electron chi connectivity index (χ4n) is 1.35. The zero-order valence-electron chi connectivity index (χ0n) is 8.54. The van der Waals surface area contributed by atoms with Gasteiger partial charge in [-0.1, -0.05) is 30.4 Å². The standard InChI is InChI=1S/C11H14.C2H2/c1-4-10-8-6-7-9(3)11(10)5-2;1-2/h4-8H,1-3H3;1-2H/b10-4-,11-5-;. The van der Waals surface area contributed by atoms with Crippen molar-refractivity contribution in [2.24, 2.45) is 0 Å². The highest BCUT2D eigenvalue weighted by Gasteiger charge is 1.86. The SMILES string of the molecule is C#C.C/C=c1/cccc(C)/c1=C/C. The Labute approximate surface area is 80.6 Å². The second-order valence-corrected chi connectivity index (χ2v) is 2.66. The molecule has 0 atom stereocenters. The van der Waals surface area contributed by atoms with E-state index >= 15 is 0 Å². The maximum atomic E-state index is 4.00. The number of benzene rings is 1. The monoisotopic (exact) mass is 172 g/mol. The van der Waals surface area contributed by atoms with E-state index in [-0.39, 0.29) is 0 Å². The molecule has 0 aromatic heterocycles. The molecule has 0 heterocycles. The highest BCUT2D eigenvalue weighted by Crippen LogP contribution is 1.83. The van der Waals surface area contributed by atoms with Gasteiger partial charge in [-0.05, 0) is 36.8 Å². The summed E-state index contributed by atoms with van der Waals surface area (Å²) in [5.74, 6) is 0. The van der Waals surface area contributed by atoms with E-state index in [9.17, 15) is 0 Å². The summed E-state index contributed by atoms with van der Waals surface area (Å²) in [5, 5.41) is 2.68. The van der Waals surface area contributed by atoms with Crippen LogP contribution in [-0.2, 0) is 0 Å². The molecule has 1 aromatic carbocycles. The minimum atomic E-state index is 1.33. The number of hydrogen-bond donors (Lipinski definition) is 0. The van der Waals surface area contributed by atoms with Crippen LogP contribution < -0.4 is 10.4 Å². The van der Waals surface area contributed by atoms with Gasteiger partial charge < -0.3 is 0 Å². The molecule has 0 amide bonds. The highest BCUT2D eigenvalue weighted by molar-refractivity contribution is 5.33. The van der Waals surface area contributed by atoms with Gasteiger partial charge in [0.25, 0.3) is 0 Å². The van der Waals surface area contributed by atoms with E-state index in [1.807, 2.05) is 0 Å². The molecule has 0 radical (unpaired) electrons. The molecular formula is C13H16. The topological polar surface area (TPSA) is 0 Å². The second-order valence-electron chi connectivity index (χ2n) is 2.66. The van der Waals surface area contributed by atoms with E-state index < -0.39 is 0 Å². The molecule has 1 aromatic rings. The number of hydrogen-bond acceptors (Lipinski definition) is 0. The van der Waals surface area contributed by atoms with Crippen LogP contribution in [0.2, 0.25) is 0 Å². The highest BCUT2D eigenvalue weighted by atomic mass is 13.9. The number of aryl methyl sites for hydroxylation is 1. The molecule has 0 saturated carbocycles. The average Bonchev–Trinajstić information content (AvgIpc) is 2.20. The number of terminal acetylenes is 1. The third kappa shape index (κ3) is 2.80. The Hall–Kier alpha value is -1.48. The molecule has 1 rings (SSSR count). The molecule has 13 heavy (non-hydrogen) atoms. The average molecular weight is 172 g/mol. The van der Waals surface area contributed by atoms with Gasteiger partial charge in [-0.3, -0.25) is 0 Å². The van der Waals surface area contributed by atoms with Crippen molar-refractivity contribution in [1.29, 1.82) is 0 Å². The first kappa shape index (κ1) is 11.5. The minimum absolute atomic E-state index is 1.33. The zero-order valence-corrected chi connectivity index (χ0v) is 8.54. The Kier molecular flexibility index (Phi) is 5.39. The van der Waals surface area contributed by atoms with Crippen molar-refractivity contribution in [2.45, 2.75) is 20.8 Å². The summed E-state index contributed by atoms with van der Waals surface area (Å²) in [5.41, 5.74) is 1.35. The maximum absolute atomic E-state index is 4.00. The summed E-state index contributed by atoms with van der Waals surface area (Å²) in [7, 11) is 0. The molecule has 0 nitrogen and oxygen atoms in total. The Morgan fingerprint density at radius 2 is 1.69 bits per heavy atom. The molecule has 68 valence electrons. The second kappa shape index (κ2) is 6.08. The van der Waals surface area contributed by atoms with Gasteiger partial charge in [-0.25, -0.2) is 0 Å². The smallest absolute Gasteiger partial charge is 0.0201 e. The molecule has 0 saturated heterocycles. The predicted molar refractivity (Wildman–Crippen MR) is 60.6 cm³/mol. The quantitative estimate of drug-likeness (QED) is 0.524. The van der Waals surface area contributed by atoms with Gasteiger partial charge in [0.1, 0.15) is 0 Å². The van der Waals surface area contributed by atoms with Crippen molar-refractivity contribution >= 4 is 12.2 Å². The fourth-order valence-corrected chi connectivity index (χ4v) is 1.35. The lowest BCUT2D eigenvalue weighted by atomic mass is 10.1. The molecule has 0 heteroatoms. The van der Waals surface area contributed by atoms with Crippen LogP contribution in [-0.4, -0.2) is 0 Å². The predicted octanol–water partition coefficient (Wildman–Crippen LogP) is 1.85. The van der Waals surface area contributed by atoms with Gasteiger partial charge >= 0.3 is 0 Å².